The Labute approximate surface area is 118 Å². The van der Waals surface area contributed by atoms with Crippen molar-refractivity contribution in [2.75, 3.05) is 14.2 Å². The zero-order chi connectivity index (χ0) is 13.7. The predicted octanol–water partition coefficient (Wildman–Crippen LogP) is 5.43. The first-order valence-corrected chi connectivity index (χ1v) is 11.3. The Kier molecular flexibility index (Phi) is 12.7. The molecule has 0 N–H and O–H groups in total. The Hall–Kier alpha value is 0.374. The van der Waals surface area contributed by atoms with Crippen LogP contribution >= 0.6 is 0 Å². The summed E-state index contributed by atoms with van der Waals surface area (Å²) in [5.74, 6) is 0. The van der Waals surface area contributed by atoms with E-state index in [1.807, 2.05) is 6.08 Å². The van der Waals surface area contributed by atoms with Gasteiger partial charge in [0.25, 0.3) is 0 Å². The van der Waals surface area contributed by atoms with Gasteiger partial charge in [-0.25, -0.2) is 0 Å². The van der Waals surface area contributed by atoms with E-state index < -0.39 is 17.4 Å². The Morgan fingerprint density at radius 2 is 1.28 bits per heavy atom. The van der Waals surface area contributed by atoms with Crippen LogP contribution in [0, 0.1) is 0 Å². The molecule has 0 bridgehead atoms. The Bertz CT molecular complexity index is 191. The van der Waals surface area contributed by atoms with E-state index in [2.05, 4.69) is 11.8 Å². The minimum absolute atomic E-state index is 1.17. The van der Waals surface area contributed by atoms with Crippen molar-refractivity contribution in [1.29, 1.82) is 0 Å². The van der Waals surface area contributed by atoms with Crippen LogP contribution in [0.5, 0.6) is 0 Å². The molecule has 0 saturated carbocycles. The minimum atomic E-state index is -2.29. The van der Waals surface area contributed by atoms with Crippen molar-refractivity contribution >= 4 is 0 Å². The van der Waals surface area contributed by atoms with Crippen molar-refractivity contribution in [3.8, 4) is 0 Å². The van der Waals surface area contributed by atoms with E-state index >= 15 is 0 Å². The van der Waals surface area contributed by atoms with E-state index in [9.17, 15) is 0 Å². The number of unbranched alkanes of at least 4 members (excludes halogenated alkanes) is 8. The first-order chi connectivity index (χ1) is 8.68. The maximum atomic E-state index is 5.53. The second-order valence-corrected chi connectivity index (χ2v) is 10.8. The van der Waals surface area contributed by atoms with Crippen molar-refractivity contribution in [3.63, 3.8) is 0 Å². The van der Waals surface area contributed by atoms with E-state index in [0.29, 0.717) is 0 Å². The summed E-state index contributed by atoms with van der Waals surface area (Å²) in [6.07, 6.45) is 14.0. The van der Waals surface area contributed by atoms with Crippen molar-refractivity contribution < 1.29 is 24.0 Å². The van der Waals surface area contributed by atoms with E-state index in [-0.39, 0.29) is 0 Å². The fraction of sp³-hybridized carbons (Fsp3) is 0.867. The van der Waals surface area contributed by atoms with Crippen molar-refractivity contribution in [2.45, 2.75) is 67.7 Å². The van der Waals surface area contributed by atoms with E-state index in [0.717, 1.165) is 0 Å². The van der Waals surface area contributed by atoms with E-state index in [1.54, 1.807) is 14.2 Å². The summed E-state index contributed by atoms with van der Waals surface area (Å²) in [5, 5.41) is 2.19. The zero-order valence-corrected chi connectivity index (χ0v) is 14.2. The van der Waals surface area contributed by atoms with Crippen molar-refractivity contribution in [3.05, 3.63) is 12.7 Å². The summed E-state index contributed by atoms with van der Waals surface area (Å²) in [7, 11) is 3.60. The molecule has 0 aromatic rings. The first-order valence-electron chi connectivity index (χ1n) is 7.39. The quantitative estimate of drug-likeness (QED) is 0.256. The van der Waals surface area contributed by atoms with Gasteiger partial charge in [-0.3, -0.25) is 0 Å². The molecule has 18 heavy (non-hydrogen) atoms. The molecule has 0 saturated heterocycles. The van der Waals surface area contributed by atoms with Crippen molar-refractivity contribution in [1.82, 2.24) is 0 Å². The van der Waals surface area contributed by atoms with Gasteiger partial charge in [0.1, 0.15) is 0 Å². The number of hydrogen-bond donors (Lipinski definition) is 0. The van der Waals surface area contributed by atoms with Crippen LogP contribution in [0.25, 0.3) is 0 Å². The van der Waals surface area contributed by atoms with Gasteiger partial charge in [-0.15, -0.1) is 0 Å². The summed E-state index contributed by atoms with van der Waals surface area (Å²) in [4.78, 5) is 0. The van der Waals surface area contributed by atoms with Crippen LogP contribution in [0.4, 0.5) is 0 Å². The van der Waals surface area contributed by atoms with Crippen LogP contribution in [0.1, 0.15) is 57.8 Å². The van der Waals surface area contributed by atoms with Crippen LogP contribution in [0.15, 0.2) is 12.7 Å². The van der Waals surface area contributed by atoms with Crippen LogP contribution < -0.4 is 0 Å². The molecule has 0 unspecified atom stereocenters. The molecule has 0 aromatic heterocycles. The third-order valence-corrected chi connectivity index (χ3v) is 8.32. The summed E-state index contributed by atoms with van der Waals surface area (Å²) in [6.45, 7) is 3.75. The molecule has 0 radical (unpaired) electrons. The molecule has 108 valence electrons. The molecule has 2 nitrogen and oxygen atoms in total. The fourth-order valence-electron chi connectivity index (χ4n) is 2.08. The second-order valence-electron chi connectivity index (χ2n) is 5.20. The van der Waals surface area contributed by atoms with Crippen LogP contribution in [-0.4, -0.2) is 14.2 Å². The Morgan fingerprint density at radius 1 is 0.833 bits per heavy atom. The van der Waals surface area contributed by atoms with Gasteiger partial charge in [0.05, 0.1) is 0 Å². The summed E-state index contributed by atoms with van der Waals surface area (Å²) < 4.78 is 12.2. The van der Waals surface area contributed by atoms with Gasteiger partial charge in [-0.05, 0) is 0 Å². The van der Waals surface area contributed by atoms with Gasteiger partial charge < -0.3 is 0 Å². The van der Waals surface area contributed by atoms with E-state index in [1.165, 1.54) is 62.5 Å². The third kappa shape index (κ3) is 10.3. The number of hydrogen-bond acceptors (Lipinski definition) is 2. The first kappa shape index (κ1) is 18.4. The molecule has 0 fully saturated rings. The zero-order valence-electron chi connectivity index (χ0n) is 12.7. The van der Waals surface area contributed by atoms with Gasteiger partial charge >= 0.3 is 119 Å². The molecule has 0 spiro atoms. The normalized spacial score (nSPS) is 11.7. The topological polar surface area (TPSA) is 18.5 Å². The molecule has 0 amide bonds. The molecule has 0 aromatic carbocycles. The standard InChI is InChI=1S/C12H23.2CH3O.CH3.Ti/c1-3-5-7-9-11-12-10-8-6-4-2;2*1-2;;/h3H,1-2,4-12H2;2*1H3;1H3;/q;2*-1;;+2. The Balaban J connectivity index is 3.23. The van der Waals surface area contributed by atoms with Gasteiger partial charge in [-0.2, -0.15) is 0 Å². The SMILES string of the molecule is C=CCCCCCCCCC[CH2][Ti]([CH3])([O]C)[O]C. The van der Waals surface area contributed by atoms with Gasteiger partial charge in [0.15, 0.2) is 0 Å². The predicted molar refractivity (Wildman–Crippen MR) is 76.4 cm³/mol. The summed E-state index contributed by atoms with van der Waals surface area (Å²) in [6, 6.07) is 0. The fourth-order valence-corrected chi connectivity index (χ4v) is 4.37. The molecule has 0 heterocycles. The number of allylic oxidation sites excluding steroid dienone is 1. The van der Waals surface area contributed by atoms with Gasteiger partial charge in [0, 0.05) is 0 Å². The molecule has 0 aliphatic heterocycles. The maximum absolute atomic E-state index is 5.53. The second kappa shape index (κ2) is 12.4. The summed E-state index contributed by atoms with van der Waals surface area (Å²) in [5.41, 5.74) is 0. The number of rotatable bonds is 13. The Morgan fingerprint density at radius 3 is 1.72 bits per heavy atom. The molecule has 0 aliphatic carbocycles. The third-order valence-electron chi connectivity index (χ3n) is 3.65. The molecule has 3 heteroatoms. The molecule has 0 rings (SSSR count). The summed E-state index contributed by atoms with van der Waals surface area (Å²) >= 11 is -2.29. The van der Waals surface area contributed by atoms with Crippen LogP contribution in [0.2, 0.25) is 9.95 Å². The van der Waals surface area contributed by atoms with Crippen LogP contribution in [-0.2, 0) is 24.0 Å². The van der Waals surface area contributed by atoms with Gasteiger partial charge in [-0.1, -0.05) is 0 Å². The molecule has 0 atom stereocenters. The molecular weight excluding hydrogens is 260 g/mol. The van der Waals surface area contributed by atoms with Crippen molar-refractivity contribution in [2.24, 2.45) is 0 Å². The monoisotopic (exact) mass is 292 g/mol. The van der Waals surface area contributed by atoms with Crippen LogP contribution in [0.3, 0.4) is 0 Å². The average Bonchev–Trinajstić information content (AvgIpc) is 2.40. The average molecular weight is 292 g/mol. The molecular formula is C15H32O2Ti. The molecule has 0 aliphatic rings. The van der Waals surface area contributed by atoms with Gasteiger partial charge in [0.2, 0.25) is 0 Å². The van der Waals surface area contributed by atoms with E-state index in [4.69, 9.17) is 6.64 Å².